The van der Waals surface area contributed by atoms with Crippen molar-refractivity contribution in [1.29, 1.82) is 0 Å². The summed E-state index contributed by atoms with van der Waals surface area (Å²) in [6.45, 7) is 1.99. The van der Waals surface area contributed by atoms with Crippen LogP contribution in [0.5, 0.6) is 0 Å². The van der Waals surface area contributed by atoms with Crippen molar-refractivity contribution in [3.05, 3.63) is 0 Å². The maximum atomic E-state index is 10.8. The van der Waals surface area contributed by atoms with Crippen LogP contribution in [-0.4, -0.2) is 6.61 Å². The van der Waals surface area contributed by atoms with E-state index in [1.807, 2.05) is 18.9 Å². The van der Waals surface area contributed by atoms with Crippen molar-refractivity contribution in [3.63, 3.8) is 0 Å². The van der Waals surface area contributed by atoms with Crippen molar-refractivity contribution in [2.24, 2.45) is 0 Å². The largest absolute Gasteiger partial charge is 0.480 e. The van der Waals surface area contributed by atoms with Crippen LogP contribution < -0.4 is 0 Å². The van der Waals surface area contributed by atoms with E-state index in [0.717, 1.165) is 0 Å². The van der Waals surface area contributed by atoms with E-state index < -0.39 is 7.82 Å². The van der Waals surface area contributed by atoms with Gasteiger partial charge in [0, 0.05) is 18.9 Å². The lowest BCUT2D eigenvalue weighted by Gasteiger charge is -2.09. The Hall–Kier alpha value is 0.970. The normalized spacial score (nSPS) is 11.9. The summed E-state index contributed by atoms with van der Waals surface area (Å²) in [7, 11) is 0.378. The first kappa shape index (κ1) is 9.97. The van der Waals surface area contributed by atoms with Gasteiger partial charge in [0.05, 0.1) is 6.61 Å². The molecule has 4 nitrogen and oxygen atoms in total. The Morgan fingerprint density at radius 3 is 2.00 bits per heavy atom. The first-order valence-electron chi connectivity index (χ1n) is 2.20. The van der Waals surface area contributed by atoms with Gasteiger partial charge in [0.2, 0.25) is 0 Å². The van der Waals surface area contributed by atoms with Gasteiger partial charge in [-0.2, -0.15) is 0 Å². The third-order valence-corrected chi connectivity index (χ3v) is 3.19. The summed E-state index contributed by atoms with van der Waals surface area (Å²) in [5, 5.41) is 0. The van der Waals surface area contributed by atoms with Gasteiger partial charge in [0.25, 0.3) is 0 Å². The first-order chi connectivity index (χ1) is 4.18. The third-order valence-electron chi connectivity index (χ3n) is 0.545. The number of phosphoric acid groups is 1. The summed E-state index contributed by atoms with van der Waals surface area (Å²) in [5.74, 6) is 0. The van der Waals surface area contributed by atoms with Crippen LogP contribution in [0.4, 0.5) is 0 Å². The lowest BCUT2D eigenvalue weighted by Crippen LogP contribution is -1.87. The van der Waals surface area contributed by atoms with Crippen LogP contribution in [0.1, 0.15) is 6.92 Å². The molecule has 0 heterocycles. The molecule has 0 saturated carbocycles. The molecule has 0 N–H and O–H groups in total. The molecule has 0 radical (unpaired) electrons. The highest BCUT2D eigenvalue weighted by atomic mass is 31.2. The van der Waals surface area contributed by atoms with Crippen molar-refractivity contribution in [1.82, 2.24) is 0 Å². The zero-order valence-electron chi connectivity index (χ0n) is 4.94. The van der Waals surface area contributed by atoms with E-state index in [4.69, 9.17) is 0 Å². The monoisotopic (exact) mass is 190 g/mol. The van der Waals surface area contributed by atoms with Crippen LogP contribution in [0, 0.1) is 0 Å². The average molecular weight is 190 g/mol. The van der Waals surface area contributed by atoms with E-state index in [0.29, 0.717) is 6.61 Å². The highest BCUT2D eigenvalue weighted by Gasteiger charge is 2.21. The van der Waals surface area contributed by atoms with Crippen molar-refractivity contribution < 1.29 is 17.7 Å². The maximum absolute atomic E-state index is 10.8. The molecule has 0 aliphatic rings. The van der Waals surface area contributed by atoms with Gasteiger partial charge in [-0.15, -0.1) is 0 Å². The Bertz CT molecular complexity index is 106. The van der Waals surface area contributed by atoms with E-state index >= 15 is 0 Å². The van der Waals surface area contributed by atoms with Gasteiger partial charge >= 0.3 is 7.82 Å². The topological polar surface area (TPSA) is 44.8 Å². The summed E-state index contributed by atoms with van der Waals surface area (Å²) < 4.78 is 24.1. The zero-order chi connectivity index (χ0) is 7.33. The summed E-state index contributed by atoms with van der Waals surface area (Å²) in [6.07, 6.45) is 0. The van der Waals surface area contributed by atoms with Gasteiger partial charge in [-0.05, 0) is 6.92 Å². The lowest BCUT2D eigenvalue weighted by molar-refractivity contribution is 0.237. The molecule has 0 aromatic rings. The van der Waals surface area contributed by atoms with Gasteiger partial charge in [0.1, 0.15) is 0 Å². The van der Waals surface area contributed by atoms with Gasteiger partial charge in [0.15, 0.2) is 0 Å². The van der Waals surface area contributed by atoms with Crippen LogP contribution in [0.15, 0.2) is 0 Å². The summed E-state index contributed by atoms with van der Waals surface area (Å²) in [6, 6.07) is 0. The zero-order valence-corrected chi connectivity index (χ0v) is 8.15. The molecular weight excluding hydrogens is 181 g/mol. The predicted molar refractivity (Wildman–Crippen MR) is 40.8 cm³/mol. The van der Waals surface area contributed by atoms with Crippen molar-refractivity contribution in [2.45, 2.75) is 6.92 Å². The van der Waals surface area contributed by atoms with Crippen molar-refractivity contribution in [3.8, 4) is 0 Å². The fourth-order valence-corrected chi connectivity index (χ4v) is 1.69. The van der Waals surface area contributed by atoms with Crippen LogP contribution in [0.3, 0.4) is 0 Å². The second-order valence-corrected chi connectivity index (χ2v) is 3.91. The molecule has 7 heteroatoms. The second kappa shape index (κ2) is 4.73. The van der Waals surface area contributed by atoms with E-state index in [-0.39, 0.29) is 0 Å². The molecule has 0 rings (SSSR count). The molecule has 0 aliphatic heterocycles. The lowest BCUT2D eigenvalue weighted by atomic mass is 10.9. The van der Waals surface area contributed by atoms with Crippen LogP contribution in [0.25, 0.3) is 0 Å². The van der Waals surface area contributed by atoms with E-state index in [1.165, 1.54) is 0 Å². The molecule has 0 aromatic carbocycles. The Kier molecular flexibility index (Phi) is 5.25. The van der Waals surface area contributed by atoms with Crippen LogP contribution in [-0.2, 0) is 17.7 Å². The fourth-order valence-electron chi connectivity index (χ4n) is 0.244. The Morgan fingerprint density at radius 2 is 1.89 bits per heavy atom. The minimum atomic E-state index is -3.26. The number of rotatable bonds is 4. The molecule has 2 unspecified atom stereocenters. The van der Waals surface area contributed by atoms with E-state index in [2.05, 4.69) is 13.1 Å². The van der Waals surface area contributed by atoms with Gasteiger partial charge < -0.3 is 0 Å². The van der Waals surface area contributed by atoms with Gasteiger partial charge in [-0.25, -0.2) is 4.57 Å². The van der Waals surface area contributed by atoms with Gasteiger partial charge in [-0.1, -0.05) is 0 Å². The molecule has 56 valence electrons. The summed E-state index contributed by atoms with van der Waals surface area (Å²) in [5.41, 5.74) is 0. The Balaban J connectivity index is 3.78. The Labute approximate surface area is 58.8 Å². The molecule has 0 amide bonds. The molecule has 9 heavy (non-hydrogen) atoms. The molecule has 0 aromatic heterocycles. The molecule has 2 atom stereocenters. The highest BCUT2D eigenvalue weighted by molar-refractivity contribution is 7.56. The molecule has 0 spiro atoms. The average Bonchev–Trinajstić information content (AvgIpc) is 1.89. The quantitative estimate of drug-likeness (QED) is 0.633. The molecule has 0 bridgehead atoms. The third kappa shape index (κ3) is 3.62. The number of hydrogen-bond acceptors (Lipinski definition) is 4. The minimum absolute atomic E-state index is 0.292. The smallest absolute Gasteiger partial charge is 0.287 e. The molecular formula is C2H9O4P3. The summed E-state index contributed by atoms with van der Waals surface area (Å²) in [4.78, 5) is 0. The molecule has 0 aliphatic carbocycles. The second-order valence-electron chi connectivity index (χ2n) is 1.08. The predicted octanol–water partition coefficient (Wildman–Crippen LogP) is 1.74. The first-order valence-corrected chi connectivity index (χ1v) is 4.60. The van der Waals surface area contributed by atoms with Crippen LogP contribution in [0.2, 0.25) is 0 Å². The molecule has 0 saturated heterocycles. The van der Waals surface area contributed by atoms with E-state index in [1.54, 1.807) is 6.92 Å². The van der Waals surface area contributed by atoms with Gasteiger partial charge in [-0.3, -0.25) is 13.1 Å². The van der Waals surface area contributed by atoms with Crippen LogP contribution >= 0.6 is 26.8 Å². The molecule has 0 fully saturated rings. The van der Waals surface area contributed by atoms with E-state index in [9.17, 15) is 4.57 Å². The maximum Gasteiger partial charge on any atom is 0.480 e. The highest BCUT2D eigenvalue weighted by Crippen LogP contribution is 2.52. The number of hydrogen-bond donors (Lipinski definition) is 0. The minimum Gasteiger partial charge on any atom is -0.287 e. The van der Waals surface area contributed by atoms with Crippen molar-refractivity contribution in [2.75, 3.05) is 6.61 Å². The van der Waals surface area contributed by atoms with Crippen molar-refractivity contribution >= 4 is 26.8 Å². The Morgan fingerprint density at radius 1 is 1.44 bits per heavy atom. The fraction of sp³-hybridized carbons (Fsp3) is 1.00. The standard InChI is InChI=1S/C2H9O4P3/c1-2-4-9(3,5-7)6-8/h2,7-8H2,1H3. The summed E-state index contributed by atoms with van der Waals surface area (Å²) >= 11 is 0. The SMILES string of the molecule is CCOP(=O)(OP)OP.